The number of furan rings is 1. The first-order valence-corrected chi connectivity index (χ1v) is 8.46. The predicted octanol–water partition coefficient (Wildman–Crippen LogP) is 4.34. The zero-order chi connectivity index (χ0) is 19.2. The molecule has 0 aliphatic rings. The smallest absolute Gasteiger partial charge is 0.291 e. The summed E-state index contributed by atoms with van der Waals surface area (Å²) in [6.07, 6.45) is 1.44. The van der Waals surface area contributed by atoms with Gasteiger partial charge in [0.15, 0.2) is 5.76 Å². The van der Waals surface area contributed by atoms with Crippen molar-refractivity contribution in [1.82, 2.24) is 5.43 Å². The lowest BCUT2D eigenvalue weighted by Crippen LogP contribution is -2.19. The van der Waals surface area contributed by atoms with Gasteiger partial charge in [-0.25, -0.2) is 5.43 Å². The Kier molecular flexibility index (Phi) is 5.68. The summed E-state index contributed by atoms with van der Waals surface area (Å²) in [7, 11) is 0. The molecule has 0 spiro atoms. The van der Waals surface area contributed by atoms with Gasteiger partial charge in [-0.15, -0.1) is 0 Å². The first kappa shape index (κ1) is 18.4. The number of hydrogen-bond donors (Lipinski definition) is 2. The number of nitrogens with zero attached hydrogens (tertiary/aromatic N) is 1. The minimum atomic E-state index is -0.345. The van der Waals surface area contributed by atoms with Crippen LogP contribution in [0, 0.1) is 0 Å². The molecule has 0 saturated carbocycles. The second-order valence-electron chi connectivity index (χ2n) is 5.66. The first-order chi connectivity index (χ1) is 13.0. The molecule has 0 bridgehead atoms. The molecule has 0 aliphatic carbocycles. The third kappa shape index (κ3) is 4.83. The fourth-order valence-corrected chi connectivity index (χ4v) is 2.41. The van der Waals surface area contributed by atoms with Crippen LogP contribution in [0.1, 0.15) is 33.4 Å². The van der Waals surface area contributed by atoms with Gasteiger partial charge in [0.05, 0.1) is 12.0 Å². The van der Waals surface area contributed by atoms with Crippen LogP contribution in [0.4, 0.5) is 5.69 Å². The molecule has 7 heteroatoms. The van der Waals surface area contributed by atoms with Crippen molar-refractivity contribution in [1.29, 1.82) is 0 Å². The maximum Gasteiger partial charge on any atom is 0.291 e. The van der Waals surface area contributed by atoms with Crippen molar-refractivity contribution in [2.24, 2.45) is 5.10 Å². The van der Waals surface area contributed by atoms with E-state index in [2.05, 4.69) is 15.8 Å². The van der Waals surface area contributed by atoms with E-state index >= 15 is 0 Å². The number of anilines is 1. The minimum absolute atomic E-state index is 0.223. The topological polar surface area (TPSA) is 83.7 Å². The highest BCUT2D eigenvalue weighted by atomic mass is 35.5. The first-order valence-electron chi connectivity index (χ1n) is 8.08. The third-order valence-electron chi connectivity index (χ3n) is 3.71. The summed E-state index contributed by atoms with van der Waals surface area (Å²) in [6, 6.07) is 16.9. The summed E-state index contributed by atoms with van der Waals surface area (Å²) in [5, 5.41) is 7.42. The Bertz CT molecular complexity index is 980. The second-order valence-corrected chi connectivity index (χ2v) is 6.09. The molecular formula is C20H16ClN3O3. The number of carbonyl (C=O) groups is 2. The number of rotatable bonds is 5. The van der Waals surface area contributed by atoms with Crippen molar-refractivity contribution in [3.05, 3.63) is 88.8 Å². The fourth-order valence-electron chi connectivity index (χ4n) is 2.29. The summed E-state index contributed by atoms with van der Waals surface area (Å²) < 4.78 is 5.07. The number of benzene rings is 2. The van der Waals surface area contributed by atoms with Crippen molar-refractivity contribution in [3.63, 3.8) is 0 Å². The Morgan fingerprint density at radius 1 is 0.963 bits per heavy atom. The van der Waals surface area contributed by atoms with Crippen molar-refractivity contribution < 1.29 is 14.0 Å². The Hall–Kier alpha value is -3.38. The SMILES string of the molecule is CC(=NNC(=O)c1ccc(Cl)cc1)c1cccc(NC(=O)c2ccco2)c1. The molecule has 0 fully saturated rings. The Labute approximate surface area is 160 Å². The Morgan fingerprint density at radius 2 is 1.74 bits per heavy atom. The fraction of sp³-hybridized carbons (Fsp3) is 0.0500. The predicted molar refractivity (Wildman–Crippen MR) is 104 cm³/mol. The number of nitrogens with one attached hydrogen (secondary N) is 2. The molecule has 6 nitrogen and oxygen atoms in total. The van der Waals surface area contributed by atoms with E-state index < -0.39 is 0 Å². The molecule has 1 aromatic heterocycles. The summed E-state index contributed by atoms with van der Waals surface area (Å²) in [6.45, 7) is 1.76. The quantitative estimate of drug-likeness (QED) is 0.509. The van der Waals surface area contributed by atoms with Crippen LogP contribution in [0.25, 0.3) is 0 Å². The van der Waals surface area contributed by atoms with E-state index in [1.807, 2.05) is 6.07 Å². The van der Waals surface area contributed by atoms with E-state index in [1.54, 1.807) is 61.5 Å². The molecule has 0 atom stereocenters. The second kappa shape index (κ2) is 8.33. The zero-order valence-corrected chi connectivity index (χ0v) is 15.2. The van der Waals surface area contributed by atoms with E-state index in [9.17, 15) is 9.59 Å². The lowest BCUT2D eigenvalue weighted by molar-refractivity contribution is 0.0953. The van der Waals surface area contributed by atoms with Gasteiger partial charge in [-0.1, -0.05) is 23.7 Å². The van der Waals surface area contributed by atoms with Crippen LogP contribution >= 0.6 is 11.6 Å². The number of hydrogen-bond acceptors (Lipinski definition) is 4. The van der Waals surface area contributed by atoms with Crippen LogP contribution < -0.4 is 10.7 Å². The highest BCUT2D eigenvalue weighted by Gasteiger charge is 2.10. The normalized spacial score (nSPS) is 11.1. The lowest BCUT2D eigenvalue weighted by Gasteiger charge is -2.07. The van der Waals surface area contributed by atoms with Crippen LogP contribution in [0.2, 0.25) is 5.02 Å². The third-order valence-corrected chi connectivity index (χ3v) is 3.97. The molecule has 1 heterocycles. The van der Waals surface area contributed by atoms with E-state index in [-0.39, 0.29) is 17.6 Å². The molecule has 2 N–H and O–H groups in total. The molecular weight excluding hydrogens is 366 g/mol. The van der Waals surface area contributed by atoms with Gasteiger partial charge in [0.2, 0.25) is 0 Å². The number of carbonyl (C=O) groups excluding carboxylic acids is 2. The van der Waals surface area contributed by atoms with Crippen molar-refractivity contribution in [3.8, 4) is 0 Å². The summed E-state index contributed by atoms with van der Waals surface area (Å²) in [4.78, 5) is 24.2. The molecule has 3 aromatic rings. The monoisotopic (exact) mass is 381 g/mol. The van der Waals surface area contributed by atoms with Crippen molar-refractivity contribution >= 4 is 34.8 Å². The molecule has 2 aromatic carbocycles. The molecule has 0 radical (unpaired) electrons. The highest BCUT2D eigenvalue weighted by molar-refractivity contribution is 6.30. The zero-order valence-electron chi connectivity index (χ0n) is 14.4. The van der Waals surface area contributed by atoms with Gasteiger partial charge < -0.3 is 9.73 Å². The highest BCUT2D eigenvalue weighted by Crippen LogP contribution is 2.14. The van der Waals surface area contributed by atoms with Gasteiger partial charge in [0, 0.05) is 16.3 Å². The van der Waals surface area contributed by atoms with Crippen LogP contribution in [0.5, 0.6) is 0 Å². The lowest BCUT2D eigenvalue weighted by atomic mass is 10.1. The van der Waals surface area contributed by atoms with E-state index in [0.29, 0.717) is 22.0 Å². The standard InChI is InChI=1S/C20H16ClN3O3/c1-13(23-24-19(25)14-7-9-16(21)10-8-14)15-4-2-5-17(12-15)22-20(26)18-6-3-11-27-18/h2-12H,1H3,(H,22,26)(H,24,25). The maximum atomic E-state index is 12.1. The van der Waals surface area contributed by atoms with Crippen molar-refractivity contribution in [2.45, 2.75) is 6.92 Å². The molecule has 0 unspecified atom stereocenters. The van der Waals surface area contributed by atoms with Gasteiger partial charge in [-0.2, -0.15) is 5.10 Å². The van der Waals surface area contributed by atoms with Crippen LogP contribution in [0.3, 0.4) is 0 Å². The van der Waals surface area contributed by atoms with Gasteiger partial charge in [0.25, 0.3) is 11.8 Å². The number of hydrazone groups is 1. The van der Waals surface area contributed by atoms with Gasteiger partial charge in [-0.3, -0.25) is 9.59 Å². The summed E-state index contributed by atoms with van der Waals surface area (Å²) >= 11 is 5.81. The largest absolute Gasteiger partial charge is 0.459 e. The summed E-state index contributed by atoms with van der Waals surface area (Å²) in [5.74, 6) is -0.461. The average molecular weight is 382 g/mol. The van der Waals surface area contributed by atoms with E-state index in [1.165, 1.54) is 6.26 Å². The maximum absolute atomic E-state index is 12.1. The van der Waals surface area contributed by atoms with E-state index in [0.717, 1.165) is 5.56 Å². The molecule has 0 saturated heterocycles. The molecule has 136 valence electrons. The number of halogens is 1. The van der Waals surface area contributed by atoms with Crippen LogP contribution in [-0.2, 0) is 0 Å². The van der Waals surface area contributed by atoms with Crippen LogP contribution in [0.15, 0.2) is 76.4 Å². The molecule has 27 heavy (non-hydrogen) atoms. The van der Waals surface area contributed by atoms with Gasteiger partial charge >= 0.3 is 0 Å². The number of amides is 2. The molecule has 0 aliphatic heterocycles. The van der Waals surface area contributed by atoms with Gasteiger partial charge in [-0.05, 0) is 61.0 Å². The van der Waals surface area contributed by atoms with Crippen molar-refractivity contribution in [2.75, 3.05) is 5.32 Å². The summed E-state index contributed by atoms with van der Waals surface area (Å²) in [5.41, 5.74) is 4.89. The van der Waals surface area contributed by atoms with Gasteiger partial charge in [0.1, 0.15) is 0 Å². The Balaban J connectivity index is 1.68. The van der Waals surface area contributed by atoms with E-state index in [4.69, 9.17) is 16.0 Å². The Morgan fingerprint density at radius 3 is 2.44 bits per heavy atom. The minimum Gasteiger partial charge on any atom is -0.459 e. The van der Waals surface area contributed by atoms with Crippen LogP contribution in [-0.4, -0.2) is 17.5 Å². The average Bonchev–Trinajstić information content (AvgIpc) is 3.21. The molecule has 2 amide bonds. The molecule has 3 rings (SSSR count).